The van der Waals surface area contributed by atoms with Crippen LogP contribution in [0.5, 0.6) is 0 Å². The van der Waals surface area contributed by atoms with Gasteiger partial charge in [-0.1, -0.05) is 20.3 Å². The molecule has 1 heterocycles. The zero-order valence-corrected chi connectivity index (χ0v) is 9.12. The molecule has 1 unspecified atom stereocenters. The van der Waals surface area contributed by atoms with Crippen molar-refractivity contribution >= 4 is 11.8 Å². The molecule has 0 aliphatic carbocycles. The number of hydrogen-bond donors (Lipinski definition) is 1. The molecular formula is C10H21NS. The Morgan fingerprint density at radius 1 is 1.42 bits per heavy atom. The number of thioether (sulfide) groups is 1. The van der Waals surface area contributed by atoms with E-state index in [9.17, 15) is 0 Å². The highest BCUT2D eigenvalue weighted by atomic mass is 32.2. The Labute approximate surface area is 80.7 Å². The molecule has 1 N–H and O–H groups in total. The van der Waals surface area contributed by atoms with Crippen molar-refractivity contribution in [2.75, 3.05) is 12.3 Å². The molecule has 1 saturated heterocycles. The van der Waals surface area contributed by atoms with Crippen LogP contribution < -0.4 is 5.32 Å². The van der Waals surface area contributed by atoms with Crippen LogP contribution in [0.1, 0.15) is 39.5 Å². The molecule has 2 heteroatoms. The third-order valence-corrected chi connectivity index (χ3v) is 3.47. The maximum Gasteiger partial charge on any atom is 0.00749 e. The van der Waals surface area contributed by atoms with E-state index in [-0.39, 0.29) is 0 Å². The Balaban J connectivity index is 1.98. The molecule has 72 valence electrons. The third kappa shape index (κ3) is 4.36. The van der Waals surface area contributed by atoms with Crippen LogP contribution in [0.25, 0.3) is 0 Å². The van der Waals surface area contributed by atoms with Gasteiger partial charge in [0.2, 0.25) is 0 Å². The van der Waals surface area contributed by atoms with E-state index in [1.807, 2.05) is 0 Å². The molecule has 12 heavy (non-hydrogen) atoms. The topological polar surface area (TPSA) is 12.0 Å². The summed E-state index contributed by atoms with van der Waals surface area (Å²) in [6.07, 6.45) is 5.58. The number of hydrogen-bond acceptors (Lipinski definition) is 2. The fourth-order valence-corrected chi connectivity index (χ4v) is 2.51. The Kier molecular flexibility index (Phi) is 5.08. The number of nitrogens with one attached hydrogen (secondary N) is 1. The van der Waals surface area contributed by atoms with Crippen LogP contribution >= 0.6 is 11.8 Å². The highest BCUT2D eigenvalue weighted by molar-refractivity contribution is 7.99. The third-order valence-electron chi connectivity index (χ3n) is 2.33. The minimum Gasteiger partial charge on any atom is -0.314 e. The summed E-state index contributed by atoms with van der Waals surface area (Å²) < 4.78 is 0. The van der Waals surface area contributed by atoms with E-state index >= 15 is 0 Å². The van der Waals surface area contributed by atoms with Gasteiger partial charge in [0.15, 0.2) is 0 Å². The molecule has 1 fully saturated rings. The zero-order valence-electron chi connectivity index (χ0n) is 8.31. The maximum absolute atomic E-state index is 3.58. The SMILES string of the molecule is CC(C)SCCC1CCCCN1. The van der Waals surface area contributed by atoms with E-state index in [1.165, 1.54) is 38.0 Å². The quantitative estimate of drug-likeness (QED) is 0.726. The largest absolute Gasteiger partial charge is 0.314 e. The molecule has 1 atom stereocenters. The first-order valence-electron chi connectivity index (χ1n) is 5.14. The Morgan fingerprint density at radius 2 is 2.25 bits per heavy atom. The summed E-state index contributed by atoms with van der Waals surface area (Å²) in [4.78, 5) is 0. The average Bonchev–Trinajstić information content (AvgIpc) is 2.05. The molecule has 0 amide bonds. The molecule has 0 bridgehead atoms. The van der Waals surface area contributed by atoms with Gasteiger partial charge in [0, 0.05) is 6.04 Å². The smallest absolute Gasteiger partial charge is 0.00749 e. The summed E-state index contributed by atoms with van der Waals surface area (Å²) >= 11 is 2.08. The Hall–Kier alpha value is 0.310. The van der Waals surface area contributed by atoms with E-state index in [2.05, 4.69) is 30.9 Å². The second-order valence-electron chi connectivity index (χ2n) is 3.86. The summed E-state index contributed by atoms with van der Waals surface area (Å²) in [5, 5.41) is 4.38. The monoisotopic (exact) mass is 187 g/mol. The average molecular weight is 187 g/mol. The van der Waals surface area contributed by atoms with Gasteiger partial charge in [-0.3, -0.25) is 0 Å². The second kappa shape index (κ2) is 5.87. The zero-order chi connectivity index (χ0) is 8.81. The lowest BCUT2D eigenvalue weighted by molar-refractivity contribution is 0.394. The van der Waals surface area contributed by atoms with Gasteiger partial charge in [-0.05, 0) is 36.8 Å². The van der Waals surface area contributed by atoms with Crippen molar-refractivity contribution in [3.63, 3.8) is 0 Å². The van der Waals surface area contributed by atoms with Crippen molar-refractivity contribution in [3.8, 4) is 0 Å². The van der Waals surface area contributed by atoms with E-state index < -0.39 is 0 Å². The minimum atomic E-state index is 0.800. The molecule has 1 aliphatic heterocycles. The van der Waals surface area contributed by atoms with Gasteiger partial charge >= 0.3 is 0 Å². The van der Waals surface area contributed by atoms with Crippen LogP contribution in [0.15, 0.2) is 0 Å². The highest BCUT2D eigenvalue weighted by Gasteiger charge is 2.11. The standard InChI is InChI=1S/C10H21NS/c1-9(2)12-8-6-10-5-3-4-7-11-10/h9-11H,3-8H2,1-2H3. The molecule has 1 aliphatic rings. The van der Waals surface area contributed by atoms with Crippen LogP contribution in [-0.4, -0.2) is 23.6 Å². The van der Waals surface area contributed by atoms with Gasteiger partial charge in [-0.15, -0.1) is 0 Å². The molecule has 0 radical (unpaired) electrons. The van der Waals surface area contributed by atoms with Gasteiger partial charge in [-0.2, -0.15) is 11.8 Å². The van der Waals surface area contributed by atoms with Crippen LogP contribution in [0, 0.1) is 0 Å². The lowest BCUT2D eigenvalue weighted by Crippen LogP contribution is -2.34. The number of piperidine rings is 1. The molecular weight excluding hydrogens is 166 g/mol. The van der Waals surface area contributed by atoms with Crippen molar-refractivity contribution < 1.29 is 0 Å². The Morgan fingerprint density at radius 3 is 2.83 bits per heavy atom. The molecule has 1 nitrogen and oxygen atoms in total. The van der Waals surface area contributed by atoms with Gasteiger partial charge < -0.3 is 5.32 Å². The van der Waals surface area contributed by atoms with Crippen LogP contribution in [0.4, 0.5) is 0 Å². The van der Waals surface area contributed by atoms with E-state index in [4.69, 9.17) is 0 Å². The van der Waals surface area contributed by atoms with Gasteiger partial charge in [0.1, 0.15) is 0 Å². The molecule has 0 spiro atoms. The molecule has 0 aromatic heterocycles. The Bertz CT molecular complexity index is 108. The molecule has 0 aromatic rings. The van der Waals surface area contributed by atoms with E-state index in [0.717, 1.165) is 11.3 Å². The molecule has 0 aromatic carbocycles. The van der Waals surface area contributed by atoms with Crippen LogP contribution in [0.2, 0.25) is 0 Å². The predicted octanol–water partition coefficient (Wildman–Crippen LogP) is 2.66. The maximum atomic E-state index is 3.58. The minimum absolute atomic E-state index is 0.800. The summed E-state index contributed by atoms with van der Waals surface area (Å²) in [7, 11) is 0. The van der Waals surface area contributed by atoms with E-state index in [1.54, 1.807) is 0 Å². The van der Waals surface area contributed by atoms with Crippen LogP contribution in [-0.2, 0) is 0 Å². The summed E-state index contributed by atoms with van der Waals surface area (Å²) in [5.41, 5.74) is 0. The molecule has 1 rings (SSSR count). The number of rotatable bonds is 4. The fraction of sp³-hybridized carbons (Fsp3) is 1.00. The second-order valence-corrected chi connectivity index (χ2v) is 5.54. The fourth-order valence-electron chi connectivity index (χ4n) is 1.62. The van der Waals surface area contributed by atoms with Gasteiger partial charge in [-0.25, -0.2) is 0 Å². The van der Waals surface area contributed by atoms with E-state index in [0.29, 0.717) is 0 Å². The van der Waals surface area contributed by atoms with Crippen molar-refractivity contribution in [2.45, 2.75) is 50.8 Å². The first-order valence-corrected chi connectivity index (χ1v) is 6.19. The predicted molar refractivity (Wildman–Crippen MR) is 57.9 cm³/mol. The lowest BCUT2D eigenvalue weighted by atomic mass is 10.0. The van der Waals surface area contributed by atoms with Crippen LogP contribution in [0.3, 0.4) is 0 Å². The normalized spacial score (nSPS) is 24.8. The first kappa shape index (κ1) is 10.4. The summed E-state index contributed by atoms with van der Waals surface area (Å²) in [6.45, 7) is 5.80. The first-order chi connectivity index (χ1) is 5.79. The van der Waals surface area contributed by atoms with Crippen molar-refractivity contribution in [1.29, 1.82) is 0 Å². The van der Waals surface area contributed by atoms with Crippen molar-refractivity contribution in [2.24, 2.45) is 0 Å². The van der Waals surface area contributed by atoms with Crippen molar-refractivity contribution in [1.82, 2.24) is 5.32 Å². The van der Waals surface area contributed by atoms with Gasteiger partial charge in [0.05, 0.1) is 0 Å². The van der Waals surface area contributed by atoms with Gasteiger partial charge in [0.25, 0.3) is 0 Å². The molecule has 0 saturated carbocycles. The highest BCUT2D eigenvalue weighted by Crippen LogP contribution is 2.15. The summed E-state index contributed by atoms with van der Waals surface area (Å²) in [5.74, 6) is 1.33. The van der Waals surface area contributed by atoms with Crippen molar-refractivity contribution in [3.05, 3.63) is 0 Å². The lowest BCUT2D eigenvalue weighted by Gasteiger charge is -2.23. The summed E-state index contributed by atoms with van der Waals surface area (Å²) in [6, 6.07) is 0.824.